The Balaban J connectivity index is 2.65. The number of carbonyl (C=O) groups excluding carboxylic acids is 1. The molecule has 2 aromatic rings. The van der Waals surface area contributed by atoms with Crippen molar-refractivity contribution in [2.24, 2.45) is 0 Å². The Kier molecular flexibility index (Phi) is 3.80. The van der Waals surface area contributed by atoms with Crippen LogP contribution >= 0.6 is 0 Å². The minimum atomic E-state index is -0.407. The number of hydrogen-bond donors (Lipinski definition) is 1. The van der Waals surface area contributed by atoms with Crippen molar-refractivity contribution in [1.29, 1.82) is 0 Å². The number of esters is 1. The third-order valence-corrected chi connectivity index (χ3v) is 3.02. The van der Waals surface area contributed by atoms with Gasteiger partial charge in [0.1, 0.15) is 5.82 Å². The molecule has 0 atom stereocenters. The van der Waals surface area contributed by atoms with Crippen LogP contribution in [0.1, 0.15) is 22.8 Å². The molecule has 0 aliphatic rings. The van der Waals surface area contributed by atoms with E-state index in [2.05, 4.69) is 11.9 Å². The summed E-state index contributed by atoms with van der Waals surface area (Å²) in [4.78, 5) is 15.9. The number of carbonyl (C=O) groups is 1. The van der Waals surface area contributed by atoms with Crippen LogP contribution in [0.2, 0.25) is 0 Å². The predicted molar refractivity (Wildman–Crippen MR) is 74.8 cm³/mol. The maximum Gasteiger partial charge on any atom is 0.338 e. The van der Waals surface area contributed by atoms with Gasteiger partial charge in [0, 0.05) is 11.8 Å². The van der Waals surface area contributed by atoms with E-state index in [1.54, 1.807) is 12.3 Å². The van der Waals surface area contributed by atoms with Crippen LogP contribution in [-0.2, 0) is 11.2 Å². The normalized spacial score (nSPS) is 10.2. The molecule has 1 aromatic heterocycles. The highest BCUT2D eigenvalue weighted by molar-refractivity contribution is 5.98. The van der Waals surface area contributed by atoms with Crippen LogP contribution in [0.4, 0.5) is 5.82 Å². The summed E-state index contributed by atoms with van der Waals surface area (Å²) in [5.74, 6) is -0.104. The van der Waals surface area contributed by atoms with E-state index in [0.717, 1.165) is 23.1 Å². The van der Waals surface area contributed by atoms with Crippen LogP contribution in [0.25, 0.3) is 11.1 Å². The third-order valence-electron chi connectivity index (χ3n) is 3.02. The van der Waals surface area contributed by atoms with E-state index >= 15 is 0 Å². The van der Waals surface area contributed by atoms with Crippen LogP contribution in [-0.4, -0.2) is 18.1 Å². The molecule has 0 radical (unpaired) electrons. The molecule has 1 heterocycles. The van der Waals surface area contributed by atoms with E-state index in [4.69, 9.17) is 10.5 Å². The van der Waals surface area contributed by atoms with Gasteiger partial charge in [-0.2, -0.15) is 0 Å². The molecule has 4 heteroatoms. The largest absolute Gasteiger partial charge is 0.465 e. The van der Waals surface area contributed by atoms with Gasteiger partial charge >= 0.3 is 5.97 Å². The fourth-order valence-electron chi connectivity index (χ4n) is 2.06. The van der Waals surface area contributed by atoms with Crippen molar-refractivity contribution >= 4 is 11.8 Å². The van der Waals surface area contributed by atoms with Crippen LogP contribution in [0.5, 0.6) is 0 Å². The molecule has 98 valence electrons. The molecule has 4 nitrogen and oxygen atoms in total. The minimum Gasteiger partial charge on any atom is -0.465 e. The Labute approximate surface area is 112 Å². The van der Waals surface area contributed by atoms with E-state index < -0.39 is 5.97 Å². The van der Waals surface area contributed by atoms with Crippen LogP contribution < -0.4 is 5.73 Å². The molecular weight excluding hydrogens is 240 g/mol. The zero-order valence-corrected chi connectivity index (χ0v) is 11.0. The number of nitrogen functional groups attached to an aromatic ring is 1. The van der Waals surface area contributed by atoms with Crippen molar-refractivity contribution in [2.45, 2.75) is 13.3 Å². The molecule has 0 fully saturated rings. The maximum absolute atomic E-state index is 11.9. The molecule has 0 saturated heterocycles. The fraction of sp³-hybridized carbons (Fsp3) is 0.200. The Hall–Kier alpha value is -2.36. The Morgan fingerprint density at radius 1 is 1.32 bits per heavy atom. The summed E-state index contributed by atoms with van der Waals surface area (Å²) >= 11 is 0. The molecule has 0 aliphatic carbocycles. The van der Waals surface area contributed by atoms with Gasteiger partial charge < -0.3 is 10.5 Å². The molecule has 0 saturated carbocycles. The Bertz CT molecular complexity index is 609. The van der Waals surface area contributed by atoms with Crippen molar-refractivity contribution in [2.75, 3.05) is 12.8 Å². The topological polar surface area (TPSA) is 65.2 Å². The number of ether oxygens (including phenoxy) is 1. The highest BCUT2D eigenvalue weighted by Crippen LogP contribution is 2.28. The molecule has 2 rings (SSSR count). The zero-order chi connectivity index (χ0) is 13.8. The summed E-state index contributed by atoms with van der Waals surface area (Å²) in [6.45, 7) is 2.07. The Morgan fingerprint density at radius 3 is 2.74 bits per heavy atom. The van der Waals surface area contributed by atoms with Gasteiger partial charge in [0.25, 0.3) is 0 Å². The molecular formula is C15H16N2O2. The summed E-state index contributed by atoms with van der Waals surface area (Å²) in [6.07, 6.45) is 2.50. The number of anilines is 1. The van der Waals surface area contributed by atoms with Crippen LogP contribution in [0.3, 0.4) is 0 Å². The first-order valence-electron chi connectivity index (χ1n) is 6.09. The van der Waals surface area contributed by atoms with Crippen molar-refractivity contribution in [1.82, 2.24) is 4.98 Å². The quantitative estimate of drug-likeness (QED) is 0.857. The Morgan fingerprint density at radius 2 is 2.05 bits per heavy atom. The number of benzene rings is 1. The summed E-state index contributed by atoms with van der Waals surface area (Å²) in [6, 6.07) is 9.47. The summed E-state index contributed by atoms with van der Waals surface area (Å²) < 4.78 is 4.80. The van der Waals surface area contributed by atoms with Gasteiger partial charge in [0.2, 0.25) is 0 Å². The first kappa shape index (κ1) is 13.1. The van der Waals surface area contributed by atoms with Gasteiger partial charge in [-0.1, -0.05) is 31.2 Å². The zero-order valence-electron chi connectivity index (χ0n) is 11.0. The summed E-state index contributed by atoms with van der Waals surface area (Å²) in [7, 11) is 1.36. The number of hydrogen-bond acceptors (Lipinski definition) is 4. The van der Waals surface area contributed by atoms with E-state index in [0.29, 0.717) is 11.4 Å². The highest BCUT2D eigenvalue weighted by Gasteiger charge is 2.16. The van der Waals surface area contributed by atoms with Crippen molar-refractivity contribution in [3.8, 4) is 11.1 Å². The van der Waals surface area contributed by atoms with Gasteiger partial charge in [-0.3, -0.25) is 0 Å². The van der Waals surface area contributed by atoms with Gasteiger partial charge in [-0.15, -0.1) is 0 Å². The van der Waals surface area contributed by atoms with Gasteiger partial charge in [0.05, 0.1) is 12.7 Å². The van der Waals surface area contributed by atoms with Crippen LogP contribution in [0, 0.1) is 0 Å². The average molecular weight is 256 g/mol. The molecule has 0 aliphatic heterocycles. The predicted octanol–water partition coefficient (Wildman–Crippen LogP) is 2.68. The molecule has 1 aromatic carbocycles. The first-order chi connectivity index (χ1) is 9.17. The number of aromatic nitrogens is 1. The SMILES string of the molecule is CCc1ccccc1-c1cnc(N)cc1C(=O)OC. The first-order valence-corrected chi connectivity index (χ1v) is 6.09. The van der Waals surface area contributed by atoms with Crippen LogP contribution in [0.15, 0.2) is 36.5 Å². The molecule has 2 N–H and O–H groups in total. The second-order valence-electron chi connectivity index (χ2n) is 4.16. The number of nitrogens with two attached hydrogens (primary N) is 1. The van der Waals surface area contributed by atoms with E-state index in [1.807, 2.05) is 24.3 Å². The van der Waals surface area contributed by atoms with Gasteiger partial charge in [-0.25, -0.2) is 9.78 Å². The molecule has 0 spiro atoms. The van der Waals surface area contributed by atoms with Crippen molar-refractivity contribution < 1.29 is 9.53 Å². The van der Waals surface area contributed by atoms with E-state index in [-0.39, 0.29) is 0 Å². The number of pyridine rings is 1. The fourth-order valence-corrected chi connectivity index (χ4v) is 2.06. The maximum atomic E-state index is 11.9. The lowest BCUT2D eigenvalue weighted by atomic mass is 9.96. The lowest BCUT2D eigenvalue weighted by molar-refractivity contribution is 0.0601. The summed E-state index contributed by atoms with van der Waals surface area (Å²) in [5, 5.41) is 0. The minimum absolute atomic E-state index is 0.304. The standard InChI is InChI=1S/C15H16N2O2/c1-3-10-6-4-5-7-11(10)13-9-17-14(16)8-12(13)15(18)19-2/h4-9H,3H2,1-2H3,(H2,16,17). The van der Waals surface area contributed by atoms with E-state index in [1.165, 1.54) is 7.11 Å². The number of aryl methyl sites for hydroxylation is 1. The number of nitrogens with zero attached hydrogens (tertiary/aromatic N) is 1. The second-order valence-corrected chi connectivity index (χ2v) is 4.16. The molecule has 0 amide bonds. The summed E-state index contributed by atoms with van der Waals surface area (Å²) in [5.41, 5.74) is 8.98. The monoisotopic (exact) mass is 256 g/mol. The van der Waals surface area contributed by atoms with E-state index in [9.17, 15) is 4.79 Å². The van der Waals surface area contributed by atoms with Crippen molar-refractivity contribution in [3.63, 3.8) is 0 Å². The number of methoxy groups -OCH3 is 1. The smallest absolute Gasteiger partial charge is 0.338 e. The molecule has 0 bridgehead atoms. The number of rotatable bonds is 3. The van der Waals surface area contributed by atoms with Gasteiger partial charge in [-0.05, 0) is 23.6 Å². The lowest BCUT2D eigenvalue weighted by Gasteiger charge is -2.11. The lowest BCUT2D eigenvalue weighted by Crippen LogP contribution is -2.06. The second kappa shape index (κ2) is 5.52. The molecule has 19 heavy (non-hydrogen) atoms. The van der Waals surface area contributed by atoms with Gasteiger partial charge in [0.15, 0.2) is 0 Å². The molecule has 0 unspecified atom stereocenters. The third kappa shape index (κ3) is 2.57. The average Bonchev–Trinajstić information content (AvgIpc) is 2.46. The van der Waals surface area contributed by atoms with Crippen molar-refractivity contribution in [3.05, 3.63) is 47.7 Å². The highest BCUT2D eigenvalue weighted by atomic mass is 16.5.